The first-order valence-corrected chi connectivity index (χ1v) is 5.83. The van der Waals surface area contributed by atoms with Crippen molar-refractivity contribution in [3.8, 4) is 0 Å². The maximum atomic E-state index is 10.7. The molecule has 0 fully saturated rings. The standard InChI is InChI=1S/C11H16N4O5/c1-6(16)13-3-2-9(17)10(18)8-4-7(15(19)20)5-14-11(8)12/h4-5,9-10,17-18H,2-3H2,1H3,(H2,12,14)(H,13,16). The topological polar surface area (TPSA) is 152 Å². The summed E-state index contributed by atoms with van der Waals surface area (Å²) in [5.41, 5.74) is 5.18. The second-order valence-corrected chi connectivity index (χ2v) is 4.21. The first-order chi connectivity index (χ1) is 9.32. The van der Waals surface area contributed by atoms with Crippen molar-refractivity contribution in [3.63, 3.8) is 0 Å². The molecule has 0 aromatic carbocycles. The van der Waals surface area contributed by atoms with Gasteiger partial charge in [-0.15, -0.1) is 0 Å². The largest absolute Gasteiger partial charge is 0.390 e. The summed E-state index contributed by atoms with van der Waals surface area (Å²) in [5, 5.41) is 32.8. The Morgan fingerprint density at radius 1 is 1.60 bits per heavy atom. The number of carbonyl (C=O) groups excluding carboxylic acids is 1. The third-order valence-electron chi connectivity index (χ3n) is 2.64. The summed E-state index contributed by atoms with van der Waals surface area (Å²) in [6, 6.07) is 1.06. The van der Waals surface area contributed by atoms with Crippen molar-refractivity contribution in [1.82, 2.24) is 10.3 Å². The summed E-state index contributed by atoms with van der Waals surface area (Å²) < 4.78 is 0. The molecule has 0 aliphatic carbocycles. The lowest BCUT2D eigenvalue weighted by atomic mass is 10.0. The van der Waals surface area contributed by atoms with Crippen LogP contribution in [0.2, 0.25) is 0 Å². The normalized spacial score (nSPS) is 13.6. The number of hydrogen-bond donors (Lipinski definition) is 4. The van der Waals surface area contributed by atoms with E-state index in [4.69, 9.17) is 5.73 Å². The zero-order valence-electron chi connectivity index (χ0n) is 10.8. The van der Waals surface area contributed by atoms with Crippen molar-refractivity contribution in [2.45, 2.75) is 25.6 Å². The van der Waals surface area contributed by atoms with Gasteiger partial charge in [0.2, 0.25) is 5.91 Å². The molecule has 1 rings (SSSR count). The van der Waals surface area contributed by atoms with E-state index in [1.165, 1.54) is 6.92 Å². The maximum Gasteiger partial charge on any atom is 0.288 e. The molecule has 9 heteroatoms. The van der Waals surface area contributed by atoms with E-state index >= 15 is 0 Å². The summed E-state index contributed by atoms with van der Waals surface area (Å²) in [6.45, 7) is 1.49. The molecule has 20 heavy (non-hydrogen) atoms. The average Bonchev–Trinajstić information content (AvgIpc) is 2.37. The van der Waals surface area contributed by atoms with Gasteiger partial charge < -0.3 is 21.3 Å². The Labute approximate surface area is 114 Å². The molecule has 1 aromatic rings. The van der Waals surface area contributed by atoms with Crippen molar-refractivity contribution < 1.29 is 19.9 Å². The van der Waals surface area contributed by atoms with E-state index in [2.05, 4.69) is 10.3 Å². The van der Waals surface area contributed by atoms with Crippen molar-refractivity contribution >= 4 is 17.4 Å². The Hall–Kier alpha value is -2.26. The van der Waals surface area contributed by atoms with Gasteiger partial charge in [-0.3, -0.25) is 14.9 Å². The lowest BCUT2D eigenvalue weighted by molar-refractivity contribution is -0.385. The van der Waals surface area contributed by atoms with E-state index < -0.39 is 17.1 Å². The van der Waals surface area contributed by atoms with E-state index in [1.54, 1.807) is 0 Å². The molecular formula is C11H16N4O5. The van der Waals surface area contributed by atoms with Crippen LogP contribution in [-0.2, 0) is 4.79 Å². The third kappa shape index (κ3) is 4.14. The Morgan fingerprint density at radius 3 is 2.80 bits per heavy atom. The van der Waals surface area contributed by atoms with Gasteiger partial charge in [0, 0.05) is 25.1 Å². The summed E-state index contributed by atoms with van der Waals surface area (Å²) in [7, 11) is 0. The fourth-order valence-corrected chi connectivity index (χ4v) is 1.58. The number of carbonyl (C=O) groups is 1. The van der Waals surface area contributed by atoms with Crippen LogP contribution in [0.25, 0.3) is 0 Å². The molecule has 5 N–H and O–H groups in total. The molecule has 0 saturated carbocycles. The maximum absolute atomic E-state index is 10.7. The summed E-state index contributed by atoms with van der Waals surface area (Å²) in [5.74, 6) is -0.357. The SMILES string of the molecule is CC(=O)NCCC(O)C(O)c1cc([N+](=O)[O-])cnc1N. The number of nitrogen functional groups attached to an aromatic ring is 1. The average molecular weight is 284 g/mol. The summed E-state index contributed by atoms with van der Waals surface area (Å²) in [6.07, 6.45) is -1.61. The van der Waals surface area contributed by atoms with E-state index in [0.717, 1.165) is 12.3 Å². The fraction of sp³-hybridized carbons (Fsp3) is 0.455. The van der Waals surface area contributed by atoms with Crippen molar-refractivity contribution in [1.29, 1.82) is 0 Å². The van der Waals surface area contributed by atoms with E-state index in [1.807, 2.05) is 0 Å². The van der Waals surface area contributed by atoms with Crippen LogP contribution in [0.1, 0.15) is 25.0 Å². The zero-order chi connectivity index (χ0) is 15.3. The Balaban J connectivity index is 2.79. The summed E-state index contributed by atoms with van der Waals surface area (Å²) in [4.78, 5) is 24.2. The molecule has 0 bridgehead atoms. The Morgan fingerprint density at radius 2 is 2.25 bits per heavy atom. The van der Waals surface area contributed by atoms with Crippen LogP contribution in [0.4, 0.5) is 11.5 Å². The second-order valence-electron chi connectivity index (χ2n) is 4.21. The fourth-order valence-electron chi connectivity index (χ4n) is 1.58. The minimum absolute atomic E-state index is 0.0190. The highest BCUT2D eigenvalue weighted by Gasteiger charge is 2.23. The highest BCUT2D eigenvalue weighted by Crippen LogP contribution is 2.26. The number of nitrogens with zero attached hydrogens (tertiary/aromatic N) is 2. The van der Waals surface area contributed by atoms with Crippen molar-refractivity contribution in [3.05, 3.63) is 27.9 Å². The Bertz CT molecular complexity index is 508. The number of nitrogens with two attached hydrogens (primary N) is 1. The number of nitro groups is 1. The molecule has 0 radical (unpaired) electrons. The predicted molar refractivity (Wildman–Crippen MR) is 69.6 cm³/mol. The van der Waals surface area contributed by atoms with Gasteiger partial charge in [-0.25, -0.2) is 4.98 Å². The first kappa shape index (κ1) is 15.8. The van der Waals surface area contributed by atoms with Crippen LogP contribution in [0, 0.1) is 10.1 Å². The number of anilines is 1. The minimum atomic E-state index is -1.42. The molecule has 0 saturated heterocycles. The lowest BCUT2D eigenvalue weighted by Gasteiger charge is -2.19. The van der Waals surface area contributed by atoms with Gasteiger partial charge in [0.05, 0.1) is 11.0 Å². The number of aromatic nitrogens is 1. The molecule has 1 amide bonds. The van der Waals surface area contributed by atoms with Gasteiger partial charge >= 0.3 is 0 Å². The third-order valence-corrected chi connectivity index (χ3v) is 2.64. The molecular weight excluding hydrogens is 268 g/mol. The number of hydrogen-bond acceptors (Lipinski definition) is 7. The summed E-state index contributed by atoms with van der Waals surface area (Å²) >= 11 is 0. The highest BCUT2D eigenvalue weighted by molar-refractivity contribution is 5.72. The van der Waals surface area contributed by atoms with Gasteiger partial charge in [0.25, 0.3) is 5.69 Å². The van der Waals surface area contributed by atoms with Gasteiger partial charge in [0.1, 0.15) is 18.1 Å². The highest BCUT2D eigenvalue weighted by atomic mass is 16.6. The van der Waals surface area contributed by atoms with Crippen LogP contribution in [0.3, 0.4) is 0 Å². The Kier molecular flexibility index (Phi) is 5.35. The zero-order valence-corrected chi connectivity index (χ0v) is 10.8. The molecule has 0 spiro atoms. The molecule has 1 aromatic heterocycles. The van der Waals surface area contributed by atoms with Gasteiger partial charge in [-0.05, 0) is 6.42 Å². The first-order valence-electron chi connectivity index (χ1n) is 5.83. The molecule has 0 aliphatic heterocycles. The van der Waals surface area contributed by atoms with Crippen molar-refractivity contribution in [2.75, 3.05) is 12.3 Å². The molecule has 1 heterocycles. The number of aliphatic hydroxyl groups excluding tert-OH is 2. The van der Waals surface area contributed by atoms with Crippen LogP contribution < -0.4 is 11.1 Å². The number of nitrogens with one attached hydrogen (secondary N) is 1. The molecule has 2 unspecified atom stereocenters. The quantitative estimate of drug-likeness (QED) is 0.405. The van der Waals surface area contributed by atoms with Crippen LogP contribution >= 0.6 is 0 Å². The van der Waals surface area contributed by atoms with Gasteiger partial charge in [-0.1, -0.05) is 0 Å². The van der Waals surface area contributed by atoms with Crippen molar-refractivity contribution in [2.24, 2.45) is 0 Å². The monoisotopic (exact) mass is 284 g/mol. The second kappa shape index (κ2) is 6.78. The number of rotatable bonds is 6. The van der Waals surface area contributed by atoms with E-state index in [9.17, 15) is 25.1 Å². The smallest absolute Gasteiger partial charge is 0.288 e. The van der Waals surface area contributed by atoms with E-state index in [-0.39, 0.29) is 35.9 Å². The molecule has 9 nitrogen and oxygen atoms in total. The van der Waals surface area contributed by atoms with Gasteiger partial charge in [-0.2, -0.15) is 0 Å². The van der Waals surface area contributed by atoms with Crippen LogP contribution in [0.15, 0.2) is 12.3 Å². The molecule has 0 aliphatic rings. The van der Waals surface area contributed by atoms with Gasteiger partial charge in [0.15, 0.2) is 0 Å². The van der Waals surface area contributed by atoms with Crippen LogP contribution in [-0.4, -0.2) is 38.7 Å². The molecule has 2 atom stereocenters. The molecule has 110 valence electrons. The predicted octanol–water partition coefficient (Wildman–Crippen LogP) is -0.508. The van der Waals surface area contributed by atoms with Crippen LogP contribution in [0.5, 0.6) is 0 Å². The van der Waals surface area contributed by atoms with E-state index in [0.29, 0.717) is 0 Å². The lowest BCUT2D eigenvalue weighted by Crippen LogP contribution is -2.28. The number of aliphatic hydroxyl groups is 2. The minimum Gasteiger partial charge on any atom is -0.390 e. The number of pyridine rings is 1. The number of amides is 1.